The van der Waals surface area contributed by atoms with E-state index in [1.54, 1.807) is 54.6 Å². The molecule has 4 aromatic carbocycles. The lowest BCUT2D eigenvalue weighted by atomic mass is 9.49. The van der Waals surface area contributed by atoms with Crippen molar-refractivity contribution in [1.82, 2.24) is 5.01 Å². The number of imide groups is 2. The van der Waals surface area contributed by atoms with Crippen molar-refractivity contribution in [3.63, 3.8) is 0 Å². The van der Waals surface area contributed by atoms with Gasteiger partial charge in [0.2, 0.25) is 11.8 Å². The molecule has 14 heteroatoms. The van der Waals surface area contributed by atoms with Crippen molar-refractivity contribution in [2.75, 3.05) is 17.4 Å². The number of methoxy groups -OCH3 is 1. The van der Waals surface area contributed by atoms with Gasteiger partial charge in [0.15, 0.2) is 0 Å². The minimum atomic E-state index is -1.58. The number of rotatable bonds is 7. The largest absolute Gasteiger partial charge is 0.508 e. The molecular weight excluding hydrogens is 723 g/mol. The molecule has 0 radical (unpaired) electrons. The van der Waals surface area contributed by atoms with E-state index in [4.69, 9.17) is 27.9 Å². The topological polar surface area (TPSA) is 159 Å². The number of halogens is 2. The first-order chi connectivity index (χ1) is 25.4. The molecule has 53 heavy (non-hydrogen) atoms. The Bertz CT molecular complexity index is 2260. The molecule has 6 atom stereocenters. The third kappa shape index (κ3) is 5.19. The summed E-state index contributed by atoms with van der Waals surface area (Å²) < 4.78 is 5.43. The molecule has 4 aromatic rings. The molecule has 6 unspecified atom stereocenters. The van der Waals surface area contributed by atoms with Crippen LogP contribution >= 0.6 is 23.2 Å². The van der Waals surface area contributed by atoms with Gasteiger partial charge in [-0.3, -0.25) is 39.6 Å². The van der Waals surface area contributed by atoms with E-state index in [1.807, 2.05) is 6.08 Å². The number of carbonyl (C=O) groups is 4. The number of nitro groups is 1. The standard InChI is InChI=1S/C39H30Cl2N4O8/c1-53-26-12-5-21(6-13-26)39-30(36(48)44(38(39)50)42-32-16-7-22(40)18-31(32)41)19-29-27(34(39)20-3-2-4-25(46)17-20)14-15-28-33(29)37(49)43(35(28)47)23-8-10-24(11-9-23)45(51)52/h2-14,16-18,28-30,33-34,42,46H,15,19H2,1H3. The van der Waals surface area contributed by atoms with Crippen molar-refractivity contribution >= 4 is 63.9 Å². The van der Waals surface area contributed by atoms with Crippen LogP contribution in [0.2, 0.25) is 10.0 Å². The van der Waals surface area contributed by atoms with Crippen LogP contribution < -0.4 is 15.1 Å². The van der Waals surface area contributed by atoms with E-state index in [1.165, 1.54) is 43.5 Å². The third-order valence-corrected chi connectivity index (χ3v) is 11.7. The van der Waals surface area contributed by atoms with Crippen LogP contribution in [0, 0.1) is 33.8 Å². The number of carbonyl (C=O) groups excluding carboxylic acids is 4. The normalized spacial score (nSPS) is 26.2. The molecule has 2 aliphatic heterocycles. The van der Waals surface area contributed by atoms with Gasteiger partial charge in [-0.25, -0.2) is 0 Å². The SMILES string of the molecule is COc1ccc(C23C(=O)N(Nc4ccc(Cl)cc4Cl)C(=O)C2CC2C(=CCC4C(=O)N(c5ccc([N+](=O)[O-])cc5)C(=O)C42)C3c2cccc(O)c2)cc1. The number of phenolic OH excluding ortho intramolecular Hbond substituents is 1. The Morgan fingerprint density at radius 1 is 0.906 bits per heavy atom. The number of hydrogen-bond acceptors (Lipinski definition) is 9. The number of benzene rings is 4. The predicted octanol–water partition coefficient (Wildman–Crippen LogP) is 6.81. The van der Waals surface area contributed by atoms with Gasteiger partial charge in [-0.2, -0.15) is 5.01 Å². The van der Waals surface area contributed by atoms with Gasteiger partial charge in [0, 0.05) is 23.1 Å². The highest BCUT2D eigenvalue weighted by molar-refractivity contribution is 6.36. The van der Waals surface area contributed by atoms with Crippen molar-refractivity contribution in [1.29, 1.82) is 0 Å². The number of amides is 4. The Kier molecular flexibility index (Phi) is 8.27. The van der Waals surface area contributed by atoms with Gasteiger partial charge >= 0.3 is 0 Å². The Balaban J connectivity index is 1.30. The highest BCUT2D eigenvalue weighted by Gasteiger charge is 2.70. The van der Waals surface area contributed by atoms with Crippen LogP contribution in [-0.4, -0.2) is 45.8 Å². The summed E-state index contributed by atoms with van der Waals surface area (Å²) in [6, 6.07) is 23.2. The maximum absolute atomic E-state index is 15.3. The minimum absolute atomic E-state index is 0.0402. The zero-order chi connectivity index (χ0) is 37.3. The maximum atomic E-state index is 15.3. The molecule has 8 rings (SSSR count). The lowest BCUT2D eigenvalue weighted by Crippen LogP contribution is -2.53. The highest BCUT2D eigenvalue weighted by Crippen LogP contribution is 2.64. The van der Waals surface area contributed by atoms with Crippen LogP contribution in [0.25, 0.3) is 0 Å². The molecule has 0 spiro atoms. The second kappa shape index (κ2) is 12.7. The molecule has 12 nitrogen and oxygen atoms in total. The fourth-order valence-electron chi connectivity index (χ4n) is 8.90. The Morgan fingerprint density at radius 3 is 2.30 bits per heavy atom. The van der Waals surface area contributed by atoms with Crippen molar-refractivity contribution < 1.29 is 33.9 Å². The fraction of sp³-hybridized carbons (Fsp3) is 0.231. The van der Waals surface area contributed by atoms with Gasteiger partial charge < -0.3 is 9.84 Å². The zero-order valence-electron chi connectivity index (χ0n) is 27.9. The van der Waals surface area contributed by atoms with E-state index in [9.17, 15) is 29.6 Å². The van der Waals surface area contributed by atoms with E-state index in [-0.39, 0.29) is 40.7 Å². The lowest BCUT2D eigenvalue weighted by Gasteiger charge is -2.50. The summed E-state index contributed by atoms with van der Waals surface area (Å²) in [6.07, 6.45) is 2.11. The molecule has 1 saturated carbocycles. The summed E-state index contributed by atoms with van der Waals surface area (Å²) in [5.74, 6) is -5.82. The van der Waals surface area contributed by atoms with Gasteiger partial charge in [-0.05, 0) is 84.5 Å². The lowest BCUT2D eigenvalue weighted by molar-refractivity contribution is -0.384. The van der Waals surface area contributed by atoms with Gasteiger partial charge in [-0.1, -0.05) is 59.1 Å². The number of phenols is 1. The maximum Gasteiger partial charge on any atom is 0.269 e. The summed E-state index contributed by atoms with van der Waals surface area (Å²) >= 11 is 12.7. The van der Waals surface area contributed by atoms with Crippen LogP contribution in [0.15, 0.2) is 103 Å². The molecule has 0 aromatic heterocycles. The van der Waals surface area contributed by atoms with Crippen molar-refractivity contribution in [2.45, 2.75) is 24.2 Å². The summed E-state index contributed by atoms with van der Waals surface area (Å²) in [5.41, 5.74) is 3.41. The van der Waals surface area contributed by atoms with Gasteiger partial charge in [0.1, 0.15) is 11.5 Å². The zero-order valence-corrected chi connectivity index (χ0v) is 29.5. The molecule has 4 aliphatic rings. The molecule has 268 valence electrons. The molecule has 2 aliphatic carbocycles. The molecule has 0 bridgehead atoms. The molecule has 2 N–H and O–H groups in total. The van der Waals surface area contributed by atoms with E-state index < -0.39 is 63.6 Å². The number of anilines is 2. The fourth-order valence-corrected chi connectivity index (χ4v) is 9.35. The van der Waals surface area contributed by atoms with E-state index in [0.29, 0.717) is 27.5 Å². The van der Waals surface area contributed by atoms with Gasteiger partial charge in [-0.15, -0.1) is 0 Å². The predicted molar refractivity (Wildman–Crippen MR) is 194 cm³/mol. The second-order valence-corrected chi connectivity index (χ2v) is 14.4. The van der Waals surface area contributed by atoms with E-state index in [2.05, 4.69) is 5.43 Å². The first kappa shape index (κ1) is 34.4. The van der Waals surface area contributed by atoms with E-state index >= 15 is 4.79 Å². The number of nitro benzene ring substituents is 1. The average Bonchev–Trinajstić information content (AvgIpc) is 3.53. The summed E-state index contributed by atoms with van der Waals surface area (Å²) in [6.45, 7) is 0. The minimum Gasteiger partial charge on any atom is -0.508 e. The number of ether oxygens (including phenoxy) is 1. The first-order valence-electron chi connectivity index (χ1n) is 16.8. The Morgan fingerprint density at radius 2 is 1.64 bits per heavy atom. The van der Waals surface area contributed by atoms with Crippen LogP contribution in [0.4, 0.5) is 17.1 Å². The Labute approximate surface area is 312 Å². The van der Waals surface area contributed by atoms with Crippen LogP contribution in [-0.2, 0) is 24.6 Å². The number of allylic oxidation sites excluding steroid dienone is 2. The van der Waals surface area contributed by atoms with Crippen molar-refractivity contribution in [2.24, 2.45) is 23.7 Å². The highest BCUT2D eigenvalue weighted by atomic mass is 35.5. The number of hydrazine groups is 1. The van der Waals surface area contributed by atoms with Crippen LogP contribution in [0.1, 0.15) is 29.9 Å². The molecule has 4 amide bonds. The number of hydrogen-bond donors (Lipinski definition) is 2. The Hall–Kier alpha value is -5.72. The summed E-state index contributed by atoms with van der Waals surface area (Å²) in [5, 5.41) is 23.6. The van der Waals surface area contributed by atoms with Crippen molar-refractivity contribution in [3.05, 3.63) is 134 Å². The van der Waals surface area contributed by atoms with Gasteiger partial charge in [0.25, 0.3) is 17.5 Å². The van der Waals surface area contributed by atoms with Crippen molar-refractivity contribution in [3.8, 4) is 11.5 Å². The number of nitrogens with one attached hydrogen (secondary N) is 1. The van der Waals surface area contributed by atoms with Crippen LogP contribution in [0.5, 0.6) is 11.5 Å². The number of fused-ring (bicyclic) bond motifs is 4. The van der Waals surface area contributed by atoms with Gasteiger partial charge in [0.05, 0.1) is 51.6 Å². The molecule has 2 heterocycles. The smallest absolute Gasteiger partial charge is 0.269 e. The number of nitrogens with zero attached hydrogens (tertiary/aromatic N) is 3. The second-order valence-electron chi connectivity index (χ2n) is 13.6. The molecular formula is C39H30Cl2N4O8. The number of aromatic hydroxyl groups is 1. The number of non-ortho nitro benzene ring substituents is 1. The quantitative estimate of drug-likeness (QED) is 0.0896. The van der Waals surface area contributed by atoms with E-state index in [0.717, 1.165) is 9.91 Å². The summed E-state index contributed by atoms with van der Waals surface area (Å²) in [7, 11) is 1.52. The third-order valence-electron chi connectivity index (χ3n) is 11.1. The monoisotopic (exact) mass is 752 g/mol. The average molecular weight is 754 g/mol. The molecule has 3 fully saturated rings. The van der Waals surface area contributed by atoms with Crippen LogP contribution in [0.3, 0.4) is 0 Å². The molecule has 2 saturated heterocycles. The summed E-state index contributed by atoms with van der Waals surface area (Å²) in [4.78, 5) is 70.3. The first-order valence-corrected chi connectivity index (χ1v) is 17.6.